The SMILES string of the molecule is N#Cc1c(N2CCOCC2)nc2n(c1=O)CCS2. The highest BCUT2D eigenvalue weighted by Crippen LogP contribution is 2.25. The minimum atomic E-state index is -0.214. The van der Waals surface area contributed by atoms with E-state index in [0.29, 0.717) is 38.7 Å². The van der Waals surface area contributed by atoms with Gasteiger partial charge in [-0.3, -0.25) is 9.36 Å². The van der Waals surface area contributed by atoms with Gasteiger partial charge < -0.3 is 9.64 Å². The second-order valence-corrected chi connectivity index (χ2v) is 5.17. The molecule has 1 saturated heterocycles. The number of nitrogens with zero attached hydrogens (tertiary/aromatic N) is 4. The maximum Gasteiger partial charge on any atom is 0.274 e. The molecule has 3 rings (SSSR count). The van der Waals surface area contributed by atoms with Gasteiger partial charge in [-0.1, -0.05) is 11.8 Å². The Morgan fingerprint density at radius 1 is 1.33 bits per heavy atom. The van der Waals surface area contributed by atoms with Gasteiger partial charge in [0.25, 0.3) is 5.56 Å². The number of rotatable bonds is 1. The third-order valence-corrected chi connectivity index (χ3v) is 4.04. The first kappa shape index (κ1) is 11.6. The summed E-state index contributed by atoms with van der Waals surface area (Å²) in [6.07, 6.45) is 0. The van der Waals surface area contributed by atoms with Gasteiger partial charge in [-0.05, 0) is 0 Å². The van der Waals surface area contributed by atoms with Gasteiger partial charge in [-0.2, -0.15) is 5.26 Å². The standard InChI is InChI=1S/C11H12N4O2S/c12-7-8-9(14-1-4-17-5-2-14)13-11-15(10(8)16)3-6-18-11/h1-6H2. The smallest absolute Gasteiger partial charge is 0.274 e. The summed E-state index contributed by atoms with van der Waals surface area (Å²) in [5.74, 6) is 1.37. The fraction of sp³-hybridized carbons (Fsp3) is 0.545. The van der Waals surface area contributed by atoms with Gasteiger partial charge >= 0.3 is 0 Å². The molecule has 0 unspecified atom stereocenters. The maximum atomic E-state index is 12.2. The molecule has 0 bridgehead atoms. The molecule has 2 aliphatic rings. The first-order valence-electron chi connectivity index (χ1n) is 5.81. The molecule has 1 aromatic heterocycles. The summed E-state index contributed by atoms with van der Waals surface area (Å²) in [6, 6.07) is 2.00. The molecule has 18 heavy (non-hydrogen) atoms. The molecule has 0 aromatic carbocycles. The van der Waals surface area contributed by atoms with Crippen LogP contribution in [-0.4, -0.2) is 41.6 Å². The van der Waals surface area contributed by atoms with Crippen molar-refractivity contribution in [3.05, 3.63) is 15.9 Å². The van der Waals surface area contributed by atoms with E-state index in [2.05, 4.69) is 4.98 Å². The second-order valence-electron chi connectivity index (χ2n) is 4.11. The molecule has 0 amide bonds. The molecule has 7 heteroatoms. The van der Waals surface area contributed by atoms with Crippen LogP contribution < -0.4 is 10.5 Å². The minimum absolute atomic E-state index is 0.156. The zero-order valence-corrected chi connectivity index (χ0v) is 10.6. The van der Waals surface area contributed by atoms with E-state index in [1.165, 1.54) is 0 Å². The first-order chi connectivity index (χ1) is 8.81. The molecule has 0 spiro atoms. The average Bonchev–Trinajstić information content (AvgIpc) is 2.88. The van der Waals surface area contributed by atoms with Gasteiger partial charge in [0.05, 0.1) is 13.2 Å². The summed E-state index contributed by atoms with van der Waals surface area (Å²) in [6.45, 7) is 3.21. The van der Waals surface area contributed by atoms with E-state index < -0.39 is 0 Å². The average molecular weight is 264 g/mol. The molecule has 0 radical (unpaired) electrons. The van der Waals surface area contributed by atoms with Crippen LogP contribution in [0.3, 0.4) is 0 Å². The molecule has 0 saturated carbocycles. The lowest BCUT2D eigenvalue weighted by molar-refractivity contribution is 0.122. The van der Waals surface area contributed by atoms with Crippen molar-refractivity contribution in [2.24, 2.45) is 0 Å². The fourth-order valence-corrected chi connectivity index (χ4v) is 3.10. The lowest BCUT2D eigenvalue weighted by Crippen LogP contribution is -2.39. The number of anilines is 1. The van der Waals surface area contributed by atoms with E-state index in [0.717, 1.165) is 10.9 Å². The topological polar surface area (TPSA) is 71.2 Å². The molecule has 3 heterocycles. The highest BCUT2D eigenvalue weighted by molar-refractivity contribution is 7.99. The molecule has 94 valence electrons. The van der Waals surface area contributed by atoms with Crippen LogP contribution >= 0.6 is 11.8 Å². The molecular formula is C11H12N4O2S. The Hall–Kier alpha value is -1.52. The number of morpholine rings is 1. The predicted molar refractivity (Wildman–Crippen MR) is 67.0 cm³/mol. The van der Waals surface area contributed by atoms with Gasteiger partial charge in [0.2, 0.25) is 0 Å². The molecule has 0 aliphatic carbocycles. The summed E-state index contributed by atoms with van der Waals surface area (Å²) >= 11 is 1.56. The first-order valence-corrected chi connectivity index (χ1v) is 6.80. The third kappa shape index (κ3) is 1.78. The van der Waals surface area contributed by atoms with Crippen molar-refractivity contribution in [2.45, 2.75) is 11.7 Å². The monoisotopic (exact) mass is 264 g/mol. The van der Waals surface area contributed by atoms with Crippen molar-refractivity contribution in [3.8, 4) is 6.07 Å². The van der Waals surface area contributed by atoms with Crippen LogP contribution in [0.1, 0.15) is 5.56 Å². The van der Waals surface area contributed by atoms with Crippen LogP contribution in [0.2, 0.25) is 0 Å². The van der Waals surface area contributed by atoms with Crippen LogP contribution in [0.5, 0.6) is 0 Å². The zero-order valence-electron chi connectivity index (χ0n) is 9.76. The molecule has 1 fully saturated rings. The number of hydrogen-bond acceptors (Lipinski definition) is 6. The fourth-order valence-electron chi connectivity index (χ4n) is 2.16. The molecule has 1 aromatic rings. The number of thioether (sulfide) groups is 1. The van der Waals surface area contributed by atoms with Crippen LogP contribution in [0.25, 0.3) is 0 Å². The van der Waals surface area contributed by atoms with Crippen molar-refractivity contribution < 1.29 is 4.74 Å². The van der Waals surface area contributed by atoms with Crippen LogP contribution in [-0.2, 0) is 11.3 Å². The number of hydrogen-bond donors (Lipinski definition) is 0. The van der Waals surface area contributed by atoms with Gasteiger partial charge in [-0.25, -0.2) is 4.98 Å². The summed E-state index contributed by atoms with van der Waals surface area (Å²) < 4.78 is 6.87. The van der Waals surface area contributed by atoms with Gasteiger partial charge in [0.1, 0.15) is 6.07 Å². The number of aromatic nitrogens is 2. The number of ether oxygens (including phenoxy) is 1. The van der Waals surface area contributed by atoms with Crippen molar-refractivity contribution in [1.82, 2.24) is 9.55 Å². The van der Waals surface area contributed by atoms with Crippen LogP contribution in [0, 0.1) is 11.3 Å². The van der Waals surface area contributed by atoms with Gasteiger partial charge in [0.15, 0.2) is 16.5 Å². The molecular weight excluding hydrogens is 252 g/mol. The highest BCUT2D eigenvalue weighted by Gasteiger charge is 2.24. The molecule has 2 aliphatic heterocycles. The van der Waals surface area contributed by atoms with Crippen molar-refractivity contribution in [1.29, 1.82) is 5.26 Å². The second kappa shape index (κ2) is 4.63. The number of fused-ring (bicyclic) bond motifs is 1. The Kier molecular flexibility index (Phi) is 2.97. The van der Waals surface area contributed by atoms with Crippen LogP contribution in [0.15, 0.2) is 9.95 Å². The zero-order chi connectivity index (χ0) is 12.5. The summed E-state index contributed by atoms with van der Waals surface area (Å²) in [5, 5.41) is 9.92. The van der Waals surface area contributed by atoms with E-state index in [4.69, 9.17) is 4.74 Å². The quantitative estimate of drug-likeness (QED) is 0.668. The van der Waals surface area contributed by atoms with E-state index >= 15 is 0 Å². The Bertz CT molecular complexity index is 572. The third-order valence-electron chi connectivity index (χ3n) is 3.08. The Labute approximate surface area is 108 Å². The van der Waals surface area contributed by atoms with Crippen molar-refractivity contribution in [3.63, 3.8) is 0 Å². The lowest BCUT2D eigenvalue weighted by atomic mass is 10.3. The van der Waals surface area contributed by atoms with E-state index in [9.17, 15) is 10.1 Å². The molecule has 6 nitrogen and oxygen atoms in total. The predicted octanol–water partition coefficient (Wildman–Crippen LogP) is 0.0573. The number of nitriles is 1. The summed E-state index contributed by atoms with van der Waals surface area (Å²) in [4.78, 5) is 18.6. The van der Waals surface area contributed by atoms with Crippen molar-refractivity contribution in [2.75, 3.05) is 37.0 Å². The van der Waals surface area contributed by atoms with Crippen LogP contribution in [0.4, 0.5) is 5.82 Å². The van der Waals surface area contributed by atoms with Crippen molar-refractivity contribution >= 4 is 17.6 Å². The Balaban J connectivity index is 2.11. The van der Waals surface area contributed by atoms with E-state index in [-0.39, 0.29) is 11.1 Å². The van der Waals surface area contributed by atoms with E-state index in [1.54, 1.807) is 16.3 Å². The molecule has 0 atom stereocenters. The Morgan fingerprint density at radius 3 is 2.83 bits per heavy atom. The maximum absolute atomic E-state index is 12.2. The lowest BCUT2D eigenvalue weighted by Gasteiger charge is -2.28. The summed E-state index contributed by atoms with van der Waals surface area (Å²) in [5.41, 5.74) is -0.0582. The minimum Gasteiger partial charge on any atom is -0.378 e. The highest BCUT2D eigenvalue weighted by atomic mass is 32.2. The van der Waals surface area contributed by atoms with Gasteiger partial charge in [0, 0.05) is 25.4 Å². The normalized spacial score (nSPS) is 18.5. The largest absolute Gasteiger partial charge is 0.378 e. The molecule has 0 N–H and O–H groups in total. The van der Waals surface area contributed by atoms with Gasteiger partial charge in [-0.15, -0.1) is 0 Å². The Morgan fingerprint density at radius 2 is 2.11 bits per heavy atom. The summed E-state index contributed by atoms with van der Waals surface area (Å²) in [7, 11) is 0. The van der Waals surface area contributed by atoms with E-state index in [1.807, 2.05) is 11.0 Å².